The molecule has 1 fully saturated rings. The summed E-state index contributed by atoms with van der Waals surface area (Å²) >= 11 is 1.63. The lowest BCUT2D eigenvalue weighted by Gasteiger charge is -2.14. The van der Waals surface area contributed by atoms with E-state index in [1.54, 1.807) is 11.3 Å². The first-order chi connectivity index (χ1) is 8.22. The number of imide groups is 1. The second kappa shape index (κ2) is 5.42. The normalized spacial score (nSPS) is 20.3. The van der Waals surface area contributed by atoms with E-state index in [-0.39, 0.29) is 17.9 Å². The number of likely N-dealkylation sites (tertiary alicyclic amines) is 1. The van der Waals surface area contributed by atoms with E-state index in [1.165, 1.54) is 4.90 Å². The van der Waals surface area contributed by atoms with E-state index in [0.29, 0.717) is 19.5 Å². The molecular formula is C12H16N2O2S. The summed E-state index contributed by atoms with van der Waals surface area (Å²) in [6, 6.07) is 1.68. The fraction of sp³-hybridized carbons (Fsp3) is 0.500. The number of amides is 2. The van der Waals surface area contributed by atoms with Crippen LogP contribution < -0.4 is 5.32 Å². The first-order valence-corrected chi connectivity index (χ1v) is 6.75. The first-order valence-electron chi connectivity index (χ1n) is 5.81. The Morgan fingerprint density at radius 3 is 3.00 bits per heavy atom. The van der Waals surface area contributed by atoms with Gasteiger partial charge in [-0.2, -0.15) is 11.3 Å². The molecule has 2 heterocycles. The molecule has 0 aromatic carbocycles. The molecule has 1 unspecified atom stereocenters. The molecule has 1 aromatic rings. The quantitative estimate of drug-likeness (QED) is 0.805. The van der Waals surface area contributed by atoms with Crippen LogP contribution in [0.25, 0.3) is 0 Å². The maximum absolute atomic E-state index is 11.9. The van der Waals surface area contributed by atoms with Crippen molar-refractivity contribution in [1.82, 2.24) is 10.2 Å². The summed E-state index contributed by atoms with van der Waals surface area (Å²) in [6.45, 7) is 3.15. The third-order valence-electron chi connectivity index (χ3n) is 2.82. The van der Waals surface area contributed by atoms with Gasteiger partial charge in [-0.25, -0.2) is 0 Å². The fourth-order valence-corrected chi connectivity index (χ4v) is 2.60. The second-order valence-electron chi connectivity index (χ2n) is 4.15. The van der Waals surface area contributed by atoms with Crippen molar-refractivity contribution in [3.8, 4) is 0 Å². The number of hydrogen-bond acceptors (Lipinski definition) is 4. The van der Waals surface area contributed by atoms with Gasteiger partial charge in [0.1, 0.15) is 0 Å². The van der Waals surface area contributed by atoms with Gasteiger partial charge in [-0.15, -0.1) is 0 Å². The van der Waals surface area contributed by atoms with Gasteiger partial charge in [-0.05, 0) is 28.8 Å². The van der Waals surface area contributed by atoms with Crippen LogP contribution in [-0.2, 0) is 16.1 Å². The molecule has 0 bridgehead atoms. The molecule has 2 amide bonds. The van der Waals surface area contributed by atoms with E-state index in [0.717, 1.165) is 12.0 Å². The van der Waals surface area contributed by atoms with Crippen molar-refractivity contribution in [1.29, 1.82) is 0 Å². The van der Waals surface area contributed by atoms with Crippen molar-refractivity contribution in [2.45, 2.75) is 32.4 Å². The van der Waals surface area contributed by atoms with E-state index >= 15 is 0 Å². The molecule has 0 aliphatic carbocycles. The summed E-state index contributed by atoms with van der Waals surface area (Å²) in [5, 5.41) is 7.19. The van der Waals surface area contributed by atoms with E-state index in [4.69, 9.17) is 0 Å². The Morgan fingerprint density at radius 1 is 1.53 bits per heavy atom. The van der Waals surface area contributed by atoms with Crippen LogP contribution >= 0.6 is 11.3 Å². The largest absolute Gasteiger partial charge is 0.301 e. The van der Waals surface area contributed by atoms with E-state index in [2.05, 4.69) is 5.32 Å². The van der Waals surface area contributed by atoms with Crippen molar-refractivity contribution in [3.05, 3.63) is 22.4 Å². The topological polar surface area (TPSA) is 49.4 Å². The van der Waals surface area contributed by atoms with Crippen molar-refractivity contribution < 1.29 is 9.59 Å². The van der Waals surface area contributed by atoms with Gasteiger partial charge in [0, 0.05) is 13.1 Å². The van der Waals surface area contributed by atoms with E-state index in [1.807, 2.05) is 23.8 Å². The highest BCUT2D eigenvalue weighted by molar-refractivity contribution is 7.07. The van der Waals surface area contributed by atoms with Crippen molar-refractivity contribution >= 4 is 23.2 Å². The third kappa shape index (κ3) is 2.73. The van der Waals surface area contributed by atoms with Gasteiger partial charge in [0.15, 0.2) is 0 Å². The number of carbonyl (C=O) groups excluding carboxylic acids is 2. The molecule has 0 spiro atoms. The predicted octanol–water partition coefficient (Wildman–Crippen LogP) is 1.38. The number of thiophene rings is 1. The molecule has 0 saturated carbocycles. The lowest BCUT2D eigenvalue weighted by molar-refractivity contribution is -0.138. The average Bonchev–Trinajstić information content (AvgIpc) is 2.90. The Morgan fingerprint density at radius 2 is 2.35 bits per heavy atom. The molecular weight excluding hydrogens is 236 g/mol. The zero-order valence-corrected chi connectivity index (χ0v) is 10.6. The first kappa shape index (κ1) is 12.3. The fourth-order valence-electron chi connectivity index (χ4n) is 1.94. The number of hydrogen-bond donors (Lipinski definition) is 1. The molecule has 4 nitrogen and oxygen atoms in total. The zero-order chi connectivity index (χ0) is 12.3. The van der Waals surface area contributed by atoms with Gasteiger partial charge in [0.25, 0.3) is 0 Å². The zero-order valence-electron chi connectivity index (χ0n) is 9.81. The van der Waals surface area contributed by atoms with Crippen LogP contribution in [0.15, 0.2) is 16.8 Å². The molecule has 1 N–H and O–H groups in total. The summed E-state index contributed by atoms with van der Waals surface area (Å²) in [7, 11) is 0. The van der Waals surface area contributed by atoms with Gasteiger partial charge >= 0.3 is 0 Å². The highest BCUT2D eigenvalue weighted by Crippen LogP contribution is 2.14. The lowest BCUT2D eigenvalue weighted by atomic mass is 10.2. The summed E-state index contributed by atoms with van der Waals surface area (Å²) in [5.74, 6) is -0.133. The highest BCUT2D eigenvalue weighted by Gasteiger charge is 2.37. The Labute approximate surface area is 105 Å². The molecule has 1 aliphatic rings. The SMILES string of the molecule is CCCN1C(=O)CC(NCc2ccsc2)C1=O. The Balaban J connectivity index is 1.90. The molecule has 2 rings (SSSR count). The van der Waals surface area contributed by atoms with Crippen molar-refractivity contribution in [2.75, 3.05) is 6.54 Å². The van der Waals surface area contributed by atoms with Crippen LogP contribution in [0.4, 0.5) is 0 Å². The summed E-state index contributed by atoms with van der Waals surface area (Å²) in [5.41, 5.74) is 1.16. The predicted molar refractivity (Wildman–Crippen MR) is 66.6 cm³/mol. The molecule has 1 saturated heterocycles. The monoisotopic (exact) mass is 252 g/mol. The maximum Gasteiger partial charge on any atom is 0.246 e. The highest BCUT2D eigenvalue weighted by atomic mass is 32.1. The number of rotatable bonds is 5. The lowest BCUT2D eigenvalue weighted by Crippen LogP contribution is -2.38. The van der Waals surface area contributed by atoms with Crippen LogP contribution in [-0.4, -0.2) is 29.3 Å². The smallest absolute Gasteiger partial charge is 0.246 e. The molecule has 0 radical (unpaired) electrons. The minimum Gasteiger partial charge on any atom is -0.301 e. The van der Waals surface area contributed by atoms with Gasteiger partial charge in [0.2, 0.25) is 11.8 Å². The van der Waals surface area contributed by atoms with Gasteiger partial charge in [0.05, 0.1) is 12.5 Å². The number of nitrogens with zero attached hydrogens (tertiary/aromatic N) is 1. The van der Waals surface area contributed by atoms with E-state index < -0.39 is 0 Å². The van der Waals surface area contributed by atoms with Crippen LogP contribution in [0.1, 0.15) is 25.3 Å². The van der Waals surface area contributed by atoms with Crippen molar-refractivity contribution in [3.63, 3.8) is 0 Å². The molecule has 1 aliphatic heterocycles. The average molecular weight is 252 g/mol. The van der Waals surface area contributed by atoms with Gasteiger partial charge < -0.3 is 5.32 Å². The molecule has 17 heavy (non-hydrogen) atoms. The van der Waals surface area contributed by atoms with Gasteiger partial charge in [-0.3, -0.25) is 14.5 Å². The third-order valence-corrected chi connectivity index (χ3v) is 3.56. The van der Waals surface area contributed by atoms with Crippen molar-refractivity contribution in [2.24, 2.45) is 0 Å². The molecule has 5 heteroatoms. The molecule has 1 aromatic heterocycles. The summed E-state index contributed by atoms with van der Waals surface area (Å²) in [4.78, 5) is 24.9. The summed E-state index contributed by atoms with van der Waals surface area (Å²) in [6.07, 6.45) is 1.11. The Hall–Kier alpha value is -1.20. The Bertz CT molecular complexity index is 403. The molecule has 92 valence electrons. The van der Waals surface area contributed by atoms with E-state index in [9.17, 15) is 9.59 Å². The Kier molecular flexibility index (Phi) is 3.91. The van der Waals surface area contributed by atoms with Crippen LogP contribution in [0, 0.1) is 0 Å². The van der Waals surface area contributed by atoms with Crippen LogP contribution in [0.5, 0.6) is 0 Å². The van der Waals surface area contributed by atoms with Crippen LogP contribution in [0.3, 0.4) is 0 Å². The van der Waals surface area contributed by atoms with Gasteiger partial charge in [-0.1, -0.05) is 6.92 Å². The number of carbonyl (C=O) groups is 2. The minimum atomic E-state index is -0.339. The minimum absolute atomic E-state index is 0.0559. The number of nitrogens with one attached hydrogen (secondary N) is 1. The second-order valence-corrected chi connectivity index (χ2v) is 4.93. The van der Waals surface area contributed by atoms with Crippen LogP contribution in [0.2, 0.25) is 0 Å². The standard InChI is InChI=1S/C12H16N2O2S/c1-2-4-14-11(15)6-10(12(14)16)13-7-9-3-5-17-8-9/h3,5,8,10,13H,2,4,6-7H2,1H3. The summed E-state index contributed by atoms with van der Waals surface area (Å²) < 4.78 is 0. The molecule has 1 atom stereocenters. The maximum atomic E-state index is 11.9.